The number of rotatable bonds is 4. The predicted octanol–water partition coefficient (Wildman–Crippen LogP) is 0.939. The van der Waals surface area contributed by atoms with E-state index in [2.05, 4.69) is 19.2 Å². The second-order valence-corrected chi connectivity index (χ2v) is 4.98. The van der Waals surface area contributed by atoms with Crippen LogP contribution in [0.15, 0.2) is 0 Å². The summed E-state index contributed by atoms with van der Waals surface area (Å²) < 4.78 is 5.23. The molecular weight excluding hydrogens is 190 g/mol. The molecule has 1 heterocycles. The second-order valence-electron chi connectivity index (χ2n) is 4.98. The van der Waals surface area contributed by atoms with Gasteiger partial charge in [0.25, 0.3) is 0 Å². The summed E-state index contributed by atoms with van der Waals surface area (Å²) >= 11 is 0. The monoisotopic (exact) mass is 214 g/mol. The molecule has 0 aromatic carbocycles. The molecule has 1 fully saturated rings. The molecule has 0 aliphatic carbocycles. The van der Waals surface area contributed by atoms with Gasteiger partial charge in [0.05, 0.1) is 19.7 Å². The Labute approximate surface area is 92.6 Å². The van der Waals surface area contributed by atoms with E-state index in [1.165, 1.54) is 0 Å². The van der Waals surface area contributed by atoms with Gasteiger partial charge in [-0.15, -0.1) is 0 Å². The molecule has 1 rings (SSSR count). The molecule has 3 nitrogen and oxygen atoms in total. The highest BCUT2D eigenvalue weighted by atomic mass is 16.5. The Morgan fingerprint density at radius 2 is 2.27 bits per heavy atom. The zero-order valence-electron chi connectivity index (χ0n) is 10.2. The van der Waals surface area contributed by atoms with Crippen LogP contribution in [-0.2, 0) is 9.53 Å². The third kappa shape index (κ3) is 3.20. The van der Waals surface area contributed by atoms with Gasteiger partial charge in [-0.3, -0.25) is 4.79 Å². The summed E-state index contributed by atoms with van der Waals surface area (Å²) in [5.41, 5.74) is -0.206. The van der Waals surface area contributed by atoms with Gasteiger partial charge in [-0.1, -0.05) is 13.8 Å². The lowest BCUT2D eigenvalue weighted by Crippen LogP contribution is -2.89. The van der Waals surface area contributed by atoms with Crippen molar-refractivity contribution in [2.45, 2.75) is 40.0 Å². The lowest BCUT2D eigenvalue weighted by molar-refractivity contribution is -0.674. The molecule has 2 N–H and O–H groups in total. The van der Waals surface area contributed by atoms with E-state index in [4.69, 9.17) is 4.74 Å². The van der Waals surface area contributed by atoms with E-state index in [1.807, 2.05) is 6.92 Å². The molecule has 1 atom stereocenters. The number of ether oxygens (including phenoxy) is 1. The van der Waals surface area contributed by atoms with Crippen molar-refractivity contribution in [3.63, 3.8) is 0 Å². The van der Waals surface area contributed by atoms with Crippen molar-refractivity contribution in [1.82, 2.24) is 0 Å². The van der Waals surface area contributed by atoms with E-state index < -0.39 is 0 Å². The van der Waals surface area contributed by atoms with Crippen molar-refractivity contribution in [1.29, 1.82) is 0 Å². The van der Waals surface area contributed by atoms with Crippen LogP contribution in [-0.4, -0.2) is 25.7 Å². The first kappa shape index (κ1) is 12.5. The molecule has 0 aromatic heterocycles. The van der Waals surface area contributed by atoms with Crippen LogP contribution in [0, 0.1) is 11.3 Å². The summed E-state index contributed by atoms with van der Waals surface area (Å²) in [5, 5.41) is 2.25. The third-order valence-electron chi connectivity index (χ3n) is 3.11. The van der Waals surface area contributed by atoms with Gasteiger partial charge in [0.15, 0.2) is 0 Å². The summed E-state index contributed by atoms with van der Waals surface area (Å²) in [6.07, 6.45) is 3.09. The number of hydrogen-bond donors (Lipinski definition) is 1. The summed E-state index contributed by atoms with van der Waals surface area (Å²) in [5.74, 6) is 0.579. The highest BCUT2D eigenvalue weighted by Gasteiger charge is 2.43. The van der Waals surface area contributed by atoms with Crippen molar-refractivity contribution in [3.8, 4) is 0 Å². The van der Waals surface area contributed by atoms with Crippen molar-refractivity contribution in [2.24, 2.45) is 11.3 Å². The fourth-order valence-electron chi connectivity index (χ4n) is 2.58. The molecule has 1 unspecified atom stereocenters. The fraction of sp³-hybridized carbons (Fsp3) is 0.917. The number of quaternary nitrogens is 1. The molecular formula is C12H24NO2+. The lowest BCUT2D eigenvalue weighted by atomic mass is 9.74. The SMILES string of the molecule is CCOC(=O)C1(CC(C)C)CCC[NH2+]C1. The topological polar surface area (TPSA) is 42.9 Å². The van der Waals surface area contributed by atoms with Gasteiger partial charge in [-0.25, -0.2) is 0 Å². The zero-order chi connectivity index (χ0) is 11.3. The molecule has 1 saturated heterocycles. The number of hydrogen-bond acceptors (Lipinski definition) is 2. The van der Waals surface area contributed by atoms with E-state index in [0.717, 1.165) is 32.4 Å². The molecule has 0 radical (unpaired) electrons. The fourth-order valence-corrected chi connectivity index (χ4v) is 2.58. The molecule has 0 bridgehead atoms. The first-order valence-electron chi connectivity index (χ1n) is 6.09. The van der Waals surface area contributed by atoms with Crippen molar-refractivity contribution < 1.29 is 14.8 Å². The van der Waals surface area contributed by atoms with Gasteiger partial charge in [0, 0.05) is 0 Å². The van der Waals surface area contributed by atoms with E-state index in [0.29, 0.717) is 12.5 Å². The first-order chi connectivity index (χ1) is 7.10. The molecule has 0 amide bonds. The standard InChI is InChI=1S/C12H23NO2/c1-4-15-11(14)12(8-10(2)3)6-5-7-13-9-12/h10,13H,4-9H2,1-3H3/p+1. The molecule has 0 aromatic rings. The minimum absolute atomic E-state index is 0.0228. The smallest absolute Gasteiger partial charge is 0.317 e. The summed E-state index contributed by atoms with van der Waals surface area (Å²) in [7, 11) is 0. The maximum Gasteiger partial charge on any atom is 0.317 e. The number of carbonyl (C=O) groups is 1. The molecule has 1 aliphatic rings. The third-order valence-corrected chi connectivity index (χ3v) is 3.11. The molecule has 88 valence electrons. The minimum Gasteiger partial charge on any atom is -0.465 e. The maximum atomic E-state index is 12.0. The average Bonchev–Trinajstić information content (AvgIpc) is 2.18. The molecule has 15 heavy (non-hydrogen) atoms. The van der Waals surface area contributed by atoms with E-state index in [1.54, 1.807) is 0 Å². The van der Waals surface area contributed by atoms with Crippen molar-refractivity contribution in [3.05, 3.63) is 0 Å². The Balaban J connectivity index is 2.69. The van der Waals surface area contributed by atoms with Gasteiger partial charge >= 0.3 is 5.97 Å². The Kier molecular flexibility index (Phi) is 4.58. The number of esters is 1. The highest BCUT2D eigenvalue weighted by Crippen LogP contribution is 2.33. The molecule has 0 saturated carbocycles. The molecule has 3 heteroatoms. The van der Waals surface area contributed by atoms with E-state index in [-0.39, 0.29) is 11.4 Å². The summed E-state index contributed by atoms with van der Waals surface area (Å²) in [4.78, 5) is 12.0. The Morgan fingerprint density at radius 3 is 2.73 bits per heavy atom. The summed E-state index contributed by atoms with van der Waals surface area (Å²) in [6.45, 7) is 8.79. The predicted molar refractivity (Wildman–Crippen MR) is 59.4 cm³/mol. The molecule has 0 spiro atoms. The van der Waals surface area contributed by atoms with Gasteiger partial charge < -0.3 is 10.1 Å². The number of piperidine rings is 1. The normalized spacial score (nSPS) is 26.7. The van der Waals surface area contributed by atoms with Crippen molar-refractivity contribution in [2.75, 3.05) is 19.7 Å². The van der Waals surface area contributed by atoms with Gasteiger partial charge in [0.2, 0.25) is 0 Å². The summed E-state index contributed by atoms with van der Waals surface area (Å²) in [6, 6.07) is 0. The van der Waals surface area contributed by atoms with E-state index in [9.17, 15) is 4.79 Å². The second kappa shape index (κ2) is 5.50. The van der Waals surface area contributed by atoms with Gasteiger partial charge in [-0.2, -0.15) is 0 Å². The number of carbonyl (C=O) groups excluding carboxylic acids is 1. The maximum absolute atomic E-state index is 12.0. The first-order valence-corrected chi connectivity index (χ1v) is 6.09. The van der Waals surface area contributed by atoms with Gasteiger partial charge in [0.1, 0.15) is 5.41 Å². The van der Waals surface area contributed by atoms with Crippen LogP contribution in [0.2, 0.25) is 0 Å². The Hall–Kier alpha value is -0.570. The van der Waals surface area contributed by atoms with Crippen LogP contribution in [0.3, 0.4) is 0 Å². The minimum atomic E-state index is -0.206. The van der Waals surface area contributed by atoms with E-state index >= 15 is 0 Å². The largest absolute Gasteiger partial charge is 0.465 e. The highest BCUT2D eigenvalue weighted by molar-refractivity contribution is 5.77. The Bertz CT molecular complexity index is 208. The van der Waals surface area contributed by atoms with Crippen LogP contribution >= 0.6 is 0 Å². The van der Waals surface area contributed by atoms with Crippen LogP contribution in [0.1, 0.15) is 40.0 Å². The average molecular weight is 214 g/mol. The van der Waals surface area contributed by atoms with Crippen LogP contribution < -0.4 is 5.32 Å². The number of nitrogens with two attached hydrogens (primary N) is 1. The Morgan fingerprint density at radius 1 is 1.53 bits per heavy atom. The van der Waals surface area contributed by atoms with Crippen molar-refractivity contribution >= 4 is 5.97 Å². The quantitative estimate of drug-likeness (QED) is 0.708. The van der Waals surface area contributed by atoms with Gasteiger partial charge in [-0.05, 0) is 32.1 Å². The molecule has 1 aliphatic heterocycles. The zero-order valence-corrected chi connectivity index (χ0v) is 10.2. The van der Waals surface area contributed by atoms with Crippen LogP contribution in [0.4, 0.5) is 0 Å². The van der Waals surface area contributed by atoms with Crippen LogP contribution in [0.25, 0.3) is 0 Å². The lowest BCUT2D eigenvalue weighted by Gasteiger charge is -2.34. The van der Waals surface area contributed by atoms with Crippen LogP contribution in [0.5, 0.6) is 0 Å².